The minimum atomic E-state index is 0.688. The second-order valence-electron chi connectivity index (χ2n) is 4.00. The maximum Gasteiger partial charge on any atom is 0.144 e. The van der Waals surface area contributed by atoms with Gasteiger partial charge in [-0.05, 0) is 24.1 Å². The summed E-state index contributed by atoms with van der Waals surface area (Å²) in [5.74, 6) is 0.828. The van der Waals surface area contributed by atoms with Gasteiger partial charge in [0.2, 0.25) is 0 Å². The van der Waals surface area contributed by atoms with Gasteiger partial charge in [-0.2, -0.15) is 0 Å². The van der Waals surface area contributed by atoms with Crippen molar-refractivity contribution >= 4 is 16.6 Å². The molecule has 17 heavy (non-hydrogen) atoms. The first-order valence-electron chi connectivity index (χ1n) is 5.67. The second-order valence-corrected chi connectivity index (χ2v) is 4.00. The molecular formula is C13H14N2O2. The van der Waals surface area contributed by atoms with E-state index in [0.29, 0.717) is 6.61 Å². The van der Waals surface area contributed by atoms with Gasteiger partial charge >= 0.3 is 0 Å². The minimum Gasteiger partial charge on any atom is -0.494 e. The molecule has 0 amide bonds. The van der Waals surface area contributed by atoms with Crippen molar-refractivity contribution in [1.82, 2.24) is 9.97 Å². The Morgan fingerprint density at radius 2 is 2.35 bits per heavy atom. The van der Waals surface area contributed by atoms with Gasteiger partial charge < -0.3 is 14.5 Å². The lowest BCUT2D eigenvalue weighted by molar-refractivity contribution is 0.161. The lowest BCUT2D eigenvalue weighted by Gasteiger charge is -2.14. The highest BCUT2D eigenvalue weighted by Gasteiger charge is 2.13. The van der Waals surface area contributed by atoms with E-state index in [2.05, 4.69) is 22.1 Å². The van der Waals surface area contributed by atoms with Crippen molar-refractivity contribution < 1.29 is 9.47 Å². The number of rotatable bonds is 2. The Kier molecular flexibility index (Phi) is 2.57. The summed E-state index contributed by atoms with van der Waals surface area (Å²) in [6.45, 7) is 1.47. The predicted octanol–water partition coefficient (Wildman–Crippen LogP) is 2.38. The van der Waals surface area contributed by atoms with Crippen LogP contribution in [0.15, 0.2) is 24.5 Å². The zero-order valence-electron chi connectivity index (χ0n) is 9.69. The van der Waals surface area contributed by atoms with E-state index in [1.165, 1.54) is 11.1 Å². The summed E-state index contributed by atoms with van der Waals surface area (Å²) in [4.78, 5) is 7.51. The van der Waals surface area contributed by atoms with Crippen molar-refractivity contribution in [3.8, 4) is 5.75 Å². The molecule has 2 aromatic rings. The van der Waals surface area contributed by atoms with Gasteiger partial charge in [0.05, 0.1) is 32.2 Å². The summed E-state index contributed by atoms with van der Waals surface area (Å²) in [6, 6.07) is 4.05. The highest BCUT2D eigenvalue weighted by Crippen LogP contribution is 2.31. The van der Waals surface area contributed by atoms with Crippen LogP contribution in [0.25, 0.3) is 16.6 Å². The molecule has 4 heteroatoms. The molecule has 0 fully saturated rings. The summed E-state index contributed by atoms with van der Waals surface area (Å²) < 4.78 is 10.6. The standard InChI is InChI=1S/C13H14N2O2/c1-16-11-3-2-10(9-4-6-17-7-5-9)12-13(11)15-8-14-12/h2-4,8H,5-7H2,1H3,(H,14,15). The molecule has 0 saturated heterocycles. The summed E-state index contributed by atoms with van der Waals surface area (Å²) in [5.41, 5.74) is 4.40. The van der Waals surface area contributed by atoms with E-state index in [1.54, 1.807) is 13.4 Å². The predicted molar refractivity (Wildman–Crippen MR) is 66.1 cm³/mol. The van der Waals surface area contributed by atoms with Crippen LogP contribution in [0.1, 0.15) is 12.0 Å². The molecule has 88 valence electrons. The van der Waals surface area contributed by atoms with Crippen molar-refractivity contribution in [2.75, 3.05) is 20.3 Å². The van der Waals surface area contributed by atoms with E-state index in [1.807, 2.05) is 6.07 Å². The largest absolute Gasteiger partial charge is 0.494 e. The van der Waals surface area contributed by atoms with Gasteiger partial charge in [-0.15, -0.1) is 0 Å². The van der Waals surface area contributed by atoms with Gasteiger partial charge in [0.1, 0.15) is 11.3 Å². The summed E-state index contributed by atoms with van der Waals surface area (Å²) in [6.07, 6.45) is 4.77. The lowest BCUT2D eigenvalue weighted by Crippen LogP contribution is -2.04. The lowest BCUT2D eigenvalue weighted by atomic mass is 10.00. The average molecular weight is 230 g/mol. The number of nitrogens with one attached hydrogen (secondary N) is 1. The molecule has 1 aliphatic heterocycles. The molecule has 0 unspecified atom stereocenters. The average Bonchev–Trinajstić information content (AvgIpc) is 2.88. The van der Waals surface area contributed by atoms with Crippen LogP contribution < -0.4 is 4.74 Å². The van der Waals surface area contributed by atoms with Crippen LogP contribution in [0.4, 0.5) is 0 Å². The summed E-state index contributed by atoms with van der Waals surface area (Å²) in [5, 5.41) is 0. The highest BCUT2D eigenvalue weighted by atomic mass is 16.5. The summed E-state index contributed by atoms with van der Waals surface area (Å²) >= 11 is 0. The molecule has 0 saturated carbocycles. The second kappa shape index (κ2) is 4.22. The Morgan fingerprint density at radius 3 is 3.12 bits per heavy atom. The van der Waals surface area contributed by atoms with Gasteiger partial charge in [0.15, 0.2) is 0 Å². The Bertz CT molecular complexity index is 572. The van der Waals surface area contributed by atoms with Crippen LogP contribution in [0.3, 0.4) is 0 Å². The smallest absolute Gasteiger partial charge is 0.144 e. The number of fused-ring (bicyclic) bond motifs is 1. The zero-order valence-corrected chi connectivity index (χ0v) is 9.69. The number of hydrogen-bond donors (Lipinski definition) is 1. The Hall–Kier alpha value is -1.81. The number of nitrogens with zero attached hydrogens (tertiary/aromatic N) is 1. The van der Waals surface area contributed by atoms with Crippen LogP contribution in [0.2, 0.25) is 0 Å². The van der Waals surface area contributed by atoms with E-state index < -0.39 is 0 Å². The normalized spacial score (nSPS) is 15.9. The third kappa shape index (κ3) is 1.70. The molecule has 1 aliphatic rings. The van der Waals surface area contributed by atoms with E-state index in [9.17, 15) is 0 Å². The van der Waals surface area contributed by atoms with Crippen molar-refractivity contribution in [2.45, 2.75) is 6.42 Å². The first-order chi connectivity index (χ1) is 8.40. The molecule has 4 nitrogen and oxygen atoms in total. The van der Waals surface area contributed by atoms with Crippen LogP contribution in [-0.4, -0.2) is 30.3 Å². The van der Waals surface area contributed by atoms with Crippen molar-refractivity contribution in [2.24, 2.45) is 0 Å². The third-order valence-corrected chi connectivity index (χ3v) is 3.07. The van der Waals surface area contributed by atoms with E-state index in [-0.39, 0.29) is 0 Å². The van der Waals surface area contributed by atoms with Crippen molar-refractivity contribution in [1.29, 1.82) is 0 Å². The van der Waals surface area contributed by atoms with Crippen molar-refractivity contribution in [3.05, 3.63) is 30.1 Å². The van der Waals surface area contributed by atoms with E-state index in [0.717, 1.165) is 29.8 Å². The fourth-order valence-corrected chi connectivity index (χ4v) is 2.21. The number of aromatic nitrogens is 2. The molecule has 1 aromatic heterocycles. The molecular weight excluding hydrogens is 216 g/mol. The number of hydrogen-bond acceptors (Lipinski definition) is 3. The number of H-pyrrole nitrogens is 1. The van der Waals surface area contributed by atoms with E-state index >= 15 is 0 Å². The minimum absolute atomic E-state index is 0.688. The molecule has 0 aliphatic carbocycles. The Balaban J connectivity index is 2.17. The fraction of sp³-hybridized carbons (Fsp3) is 0.308. The number of aromatic amines is 1. The van der Waals surface area contributed by atoms with Crippen LogP contribution in [-0.2, 0) is 4.74 Å². The van der Waals surface area contributed by atoms with Crippen LogP contribution in [0.5, 0.6) is 5.75 Å². The highest BCUT2D eigenvalue weighted by molar-refractivity contribution is 5.92. The Labute approximate surface area is 99.3 Å². The van der Waals surface area contributed by atoms with Gasteiger partial charge in [-0.1, -0.05) is 6.08 Å². The first-order valence-corrected chi connectivity index (χ1v) is 5.67. The molecule has 0 atom stereocenters. The number of benzene rings is 1. The number of ether oxygens (including phenoxy) is 2. The first kappa shape index (κ1) is 10.4. The van der Waals surface area contributed by atoms with Gasteiger partial charge in [0.25, 0.3) is 0 Å². The number of methoxy groups -OCH3 is 1. The quantitative estimate of drug-likeness (QED) is 0.861. The molecule has 0 spiro atoms. The summed E-state index contributed by atoms with van der Waals surface area (Å²) in [7, 11) is 1.67. The molecule has 0 radical (unpaired) electrons. The van der Waals surface area contributed by atoms with Gasteiger partial charge in [-0.25, -0.2) is 4.98 Å². The monoisotopic (exact) mass is 230 g/mol. The fourth-order valence-electron chi connectivity index (χ4n) is 2.21. The topological polar surface area (TPSA) is 47.1 Å². The molecule has 3 rings (SSSR count). The van der Waals surface area contributed by atoms with Gasteiger partial charge in [-0.3, -0.25) is 0 Å². The van der Waals surface area contributed by atoms with Crippen molar-refractivity contribution in [3.63, 3.8) is 0 Å². The SMILES string of the molecule is COc1ccc(C2=CCOCC2)c2nc[nH]c12. The maximum atomic E-state index is 5.33. The molecule has 1 aromatic carbocycles. The van der Waals surface area contributed by atoms with E-state index in [4.69, 9.17) is 9.47 Å². The number of imidazole rings is 1. The third-order valence-electron chi connectivity index (χ3n) is 3.07. The molecule has 1 N–H and O–H groups in total. The van der Waals surface area contributed by atoms with Crippen LogP contribution in [0, 0.1) is 0 Å². The van der Waals surface area contributed by atoms with Gasteiger partial charge in [0, 0.05) is 5.56 Å². The molecule has 0 bridgehead atoms. The Morgan fingerprint density at radius 1 is 1.41 bits per heavy atom. The zero-order chi connectivity index (χ0) is 11.7. The molecule has 2 heterocycles. The maximum absolute atomic E-state index is 5.33. The van der Waals surface area contributed by atoms with Crippen LogP contribution >= 0.6 is 0 Å².